The van der Waals surface area contributed by atoms with Gasteiger partial charge in [-0.25, -0.2) is 10.4 Å². The van der Waals surface area contributed by atoms with Crippen LogP contribution in [0.4, 0.5) is 19.0 Å². The molecule has 0 saturated carbocycles. The number of nitrogens with one attached hydrogen (secondary N) is 4. The average Bonchev–Trinajstić information content (AvgIpc) is 3.16. The van der Waals surface area contributed by atoms with E-state index in [4.69, 9.17) is 11.6 Å². The Kier molecular flexibility index (Phi) is 6.38. The zero-order valence-electron chi connectivity index (χ0n) is 14.7. The summed E-state index contributed by atoms with van der Waals surface area (Å²) in [5.41, 5.74) is 6.19. The van der Waals surface area contributed by atoms with Crippen LogP contribution in [0.25, 0.3) is 0 Å². The Bertz CT molecular complexity index is 819. The summed E-state index contributed by atoms with van der Waals surface area (Å²) in [6.07, 6.45) is -3.78. The Morgan fingerprint density at radius 1 is 1.25 bits per heavy atom. The third-order valence-electron chi connectivity index (χ3n) is 4.36. The van der Waals surface area contributed by atoms with Gasteiger partial charge < -0.3 is 10.6 Å². The average molecular weight is 414 g/mol. The summed E-state index contributed by atoms with van der Waals surface area (Å²) in [5, 5.41) is 5.51. The highest BCUT2D eigenvalue weighted by atomic mass is 35.5. The van der Waals surface area contributed by atoms with Crippen molar-refractivity contribution in [3.8, 4) is 0 Å². The predicted octanol–water partition coefficient (Wildman–Crippen LogP) is 2.75. The second-order valence-electron chi connectivity index (χ2n) is 6.29. The number of carbonyl (C=O) groups is 1. The second kappa shape index (κ2) is 8.76. The van der Waals surface area contributed by atoms with E-state index < -0.39 is 11.7 Å². The summed E-state index contributed by atoms with van der Waals surface area (Å²) in [6.45, 7) is 1.04. The molecule has 1 aromatic heterocycles. The van der Waals surface area contributed by atoms with Gasteiger partial charge in [-0.2, -0.15) is 13.2 Å². The Labute approximate surface area is 164 Å². The van der Waals surface area contributed by atoms with Gasteiger partial charge in [0.2, 0.25) is 5.91 Å². The van der Waals surface area contributed by atoms with Crippen molar-refractivity contribution in [2.75, 3.05) is 25.0 Å². The lowest BCUT2D eigenvalue weighted by Crippen LogP contribution is -2.37. The fraction of sp³-hybridized carbons (Fsp3) is 0.333. The topological polar surface area (TPSA) is 78.1 Å². The number of hydrogen-bond acceptors (Lipinski definition) is 5. The minimum atomic E-state index is -4.50. The van der Waals surface area contributed by atoms with E-state index in [0.29, 0.717) is 12.7 Å². The molecule has 4 N–H and O–H groups in total. The number of hydrazine groups is 1. The number of aromatic nitrogens is 1. The minimum absolute atomic E-state index is 0.125. The van der Waals surface area contributed by atoms with Gasteiger partial charge in [-0.1, -0.05) is 41.9 Å². The molecule has 1 fully saturated rings. The van der Waals surface area contributed by atoms with Crippen LogP contribution >= 0.6 is 11.6 Å². The molecule has 1 amide bonds. The molecule has 1 aromatic carbocycles. The van der Waals surface area contributed by atoms with Crippen molar-refractivity contribution >= 4 is 23.3 Å². The molecule has 2 heterocycles. The molecule has 10 heteroatoms. The van der Waals surface area contributed by atoms with Gasteiger partial charge in [0, 0.05) is 25.8 Å². The molecule has 6 nitrogen and oxygen atoms in total. The lowest BCUT2D eigenvalue weighted by atomic mass is 9.94. The summed E-state index contributed by atoms with van der Waals surface area (Å²) >= 11 is 5.84. The monoisotopic (exact) mass is 413 g/mol. The van der Waals surface area contributed by atoms with Crippen molar-refractivity contribution in [2.24, 2.45) is 5.92 Å². The Hall–Kier alpha value is -2.36. The number of nitrogens with zero attached hydrogens (tertiary/aromatic N) is 1. The van der Waals surface area contributed by atoms with Gasteiger partial charge in [-0.05, 0) is 11.6 Å². The van der Waals surface area contributed by atoms with Gasteiger partial charge in [-0.3, -0.25) is 10.2 Å². The molecule has 3 rings (SSSR count). The van der Waals surface area contributed by atoms with Gasteiger partial charge in [-0.15, -0.1) is 0 Å². The Balaban J connectivity index is 1.49. The van der Waals surface area contributed by atoms with E-state index in [-0.39, 0.29) is 41.8 Å². The van der Waals surface area contributed by atoms with E-state index in [2.05, 4.69) is 26.5 Å². The van der Waals surface area contributed by atoms with Crippen molar-refractivity contribution < 1.29 is 18.0 Å². The highest BCUT2D eigenvalue weighted by molar-refractivity contribution is 6.32. The van der Waals surface area contributed by atoms with Gasteiger partial charge in [0.05, 0.1) is 22.5 Å². The zero-order valence-corrected chi connectivity index (χ0v) is 15.4. The number of amides is 1. The van der Waals surface area contributed by atoms with Crippen molar-refractivity contribution in [3.05, 3.63) is 58.7 Å². The van der Waals surface area contributed by atoms with Crippen LogP contribution in [0.1, 0.15) is 17.2 Å². The van der Waals surface area contributed by atoms with Gasteiger partial charge >= 0.3 is 6.18 Å². The SMILES string of the molecule is O=C(NCCNc1ncc(C(F)(F)F)cc1Cl)C1CNNC1c1ccccc1. The molecule has 0 spiro atoms. The van der Waals surface area contributed by atoms with Crippen LogP contribution in [0, 0.1) is 5.92 Å². The molecule has 0 radical (unpaired) electrons. The Morgan fingerprint density at radius 2 is 2.00 bits per heavy atom. The van der Waals surface area contributed by atoms with E-state index in [1.807, 2.05) is 30.3 Å². The lowest BCUT2D eigenvalue weighted by molar-refractivity contribution is -0.137. The summed E-state index contributed by atoms with van der Waals surface area (Å²) in [4.78, 5) is 16.2. The van der Waals surface area contributed by atoms with Gasteiger partial charge in [0.1, 0.15) is 5.82 Å². The number of halogens is 4. The van der Waals surface area contributed by atoms with Crippen LogP contribution in [-0.2, 0) is 11.0 Å². The van der Waals surface area contributed by atoms with Crippen molar-refractivity contribution in [1.82, 2.24) is 21.2 Å². The highest BCUT2D eigenvalue weighted by Crippen LogP contribution is 2.32. The molecule has 0 bridgehead atoms. The van der Waals surface area contributed by atoms with Crippen molar-refractivity contribution in [2.45, 2.75) is 12.2 Å². The van der Waals surface area contributed by atoms with E-state index >= 15 is 0 Å². The quantitative estimate of drug-likeness (QED) is 0.548. The predicted molar refractivity (Wildman–Crippen MR) is 99.6 cm³/mol. The highest BCUT2D eigenvalue weighted by Gasteiger charge is 2.34. The van der Waals surface area contributed by atoms with Crippen LogP contribution in [0.15, 0.2) is 42.6 Å². The lowest BCUT2D eigenvalue weighted by Gasteiger charge is -2.18. The van der Waals surface area contributed by atoms with Gasteiger partial charge in [0.25, 0.3) is 0 Å². The van der Waals surface area contributed by atoms with Crippen molar-refractivity contribution in [3.63, 3.8) is 0 Å². The molecule has 1 saturated heterocycles. The fourth-order valence-electron chi connectivity index (χ4n) is 2.94. The third-order valence-corrected chi connectivity index (χ3v) is 4.65. The first kappa shape index (κ1) is 20.4. The molecule has 150 valence electrons. The molecule has 2 unspecified atom stereocenters. The number of hydrogen-bond donors (Lipinski definition) is 4. The van der Waals surface area contributed by atoms with E-state index in [0.717, 1.165) is 11.6 Å². The number of pyridine rings is 1. The van der Waals surface area contributed by atoms with Crippen LogP contribution in [0.3, 0.4) is 0 Å². The summed E-state index contributed by atoms with van der Waals surface area (Å²) in [5.74, 6) is -0.273. The summed E-state index contributed by atoms with van der Waals surface area (Å²) < 4.78 is 37.9. The zero-order chi connectivity index (χ0) is 20.1. The molecule has 28 heavy (non-hydrogen) atoms. The van der Waals surface area contributed by atoms with Crippen LogP contribution in [-0.4, -0.2) is 30.5 Å². The van der Waals surface area contributed by atoms with Crippen molar-refractivity contribution in [1.29, 1.82) is 0 Å². The van der Waals surface area contributed by atoms with Gasteiger partial charge in [0.15, 0.2) is 0 Å². The maximum Gasteiger partial charge on any atom is 0.417 e. The number of benzene rings is 1. The number of rotatable bonds is 6. The molecule has 1 aliphatic rings. The normalized spacial score (nSPS) is 19.4. The molecule has 2 aromatic rings. The number of alkyl halides is 3. The third kappa shape index (κ3) is 4.92. The smallest absolute Gasteiger partial charge is 0.367 e. The molecular formula is C18H19ClF3N5O. The first-order chi connectivity index (χ1) is 13.4. The molecular weight excluding hydrogens is 395 g/mol. The maximum absolute atomic E-state index is 12.6. The fourth-order valence-corrected chi connectivity index (χ4v) is 3.17. The molecule has 0 aliphatic carbocycles. The van der Waals surface area contributed by atoms with Crippen LogP contribution in [0.2, 0.25) is 5.02 Å². The first-order valence-electron chi connectivity index (χ1n) is 8.64. The first-order valence-corrected chi connectivity index (χ1v) is 9.01. The molecule has 1 aliphatic heterocycles. The van der Waals surface area contributed by atoms with Crippen LogP contribution in [0.5, 0.6) is 0 Å². The maximum atomic E-state index is 12.6. The second-order valence-corrected chi connectivity index (χ2v) is 6.70. The van der Waals surface area contributed by atoms with Crippen LogP contribution < -0.4 is 21.5 Å². The van der Waals surface area contributed by atoms with E-state index in [1.54, 1.807) is 0 Å². The standard InChI is InChI=1S/C18H19ClF3N5O/c19-14-8-12(18(20,21)22)9-25-16(14)23-6-7-24-17(28)13-10-26-27-15(13)11-4-2-1-3-5-11/h1-5,8-9,13,15,26-27H,6-7,10H2,(H,23,25)(H,24,28). The number of anilines is 1. The van der Waals surface area contributed by atoms with E-state index in [9.17, 15) is 18.0 Å². The Morgan fingerprint density at radius 3 is 2.68 bits per heavy atom. The summed E-state index contributed by atoms with van der Waals surface area (Å²) in [6, 6.07) is 10.3. The molecule has 2 atom stereocenters. The minimum Gasteiger partial charge on any atom is -0.367 e. The largest absolute Gasteiger partial charge is 0.417 e. The van der Waals surface area contributed by atoms with E-state index in [1.165, 1.54) is 0 Å². The summed E-state index contributed by atoms with van der Waals surface area (Å²) in [7, 11) is 0. The number of carbonyl (C=O) groups excluding carboxylic acids is 1.